The average molecular weight is 234 g/mol. The molecule has 1 unspecified atom stereocenters. The van der Waals surface area contributed by atoms with Crippen molar-refractivity contribution in [1.82, 2.24) is 9.97 Å². The number of hydrogen-bond acceptors (Lipinski definition) is 4. The number of aromatic nitrogens is 2. The van der Waals surface area contributed by atoms with Crippen LogP contribution in [0.2, 0.25) is 0 Å². The summed E-state index contributed by atoms with van der Waals surface area (Å²) in [6.07, 6.45) is 6.87. The summed E-state index contributed by atoms with van der Waals surface area (Å²) >= 11 is 0. The summed E-state index contributed by atoms with van der Waals surface area (Å²) in [4.78, 5) is 10.9. The molecule has 1 aromatic heterocycles. The predicted octanol–water partition coefficient (Wildman–Crippen LogP) is 2.53. The molecule has 1 aromatic rings. The third-order valence-electron chi connectivity index (χ3n) is 3.66. The highest BCUT2D eigenvalue weighted by atomic mass is 15.2. The standard InChI is InChI=1S/C13H22N4/c1-3-11-5-4-7-17(8-6-11)13-9-12(14-2)15-10-16-13/h9-11H,3-8H2,1-2H3,(H,14,15,16). The smallest absolute Gasteiger partial charge is 0.134 e. The molecule has 0 amide bonds. The number of nitrogens with zero attached hydrogens (tertiary/aromatic N) is 3. The highest BCUT2D eigenvalue weighted by molar-refractivity contribution is 5.48. The Balaban J connectivity index is 2.05. The fraction of sp³-hybridized carbons (Fsp3) is 0.692. The molecule has 0 radical (unpaired) electrons. The molecule has 0 spiro atoms. The molecule has 1 aliphatic heterocycles. The zero-order valence-corrected chi connectivity index (χ0v) is 10.8. The van der Waals surface area contributed by atoms with Gasteiger partial charge in [-0.15, -0.1) is 0 Å². The molecule has 4 nitrogen and oxygen atoms in total. The SMILES string of the molecule is CCC1CCCN(c2cc(NC)ncn2)CC1. The van der Waals surface area contributed by atoms with E-state index in [0.29, 0.717) is 0 Å². The second kappa shape index (κ2) is 5.84. The zero-order valence-electron chi connectivity index (χ0n) is 10.8. The van der Waals surface area contributed by atoms with E-state index in [4.69, 9.17) is 0 Å². The van der Waals surface area contributed by atoms with Crippen molar-refractivity contribution in [1.29, 1.82) is 0 Å². The van der Waals surface area contributed by atoms with Gasteiger partial charge in [-0.05, 0) is 25.2 Å². The Morgan fingerprint density at radius 3 is 3.00 bits per heavy atom. The predicted molar refractivity (Wildman–Crippen MR) is 71.4 cm³/mol. The first-order valence-electron chi connectivity index (χ1n) is 6.58. The first-order valence-corrected chi connectivity index (χ1v) is 6.58. The minimum absolute atomic E-state index is 0.894. The van der Waals surface area contributed by atoms with Crippen molar-refractivity contribution in [3.8, 4) is 0 Å². The second-order valence-electron chi connectivity index (χ2n) is 4.70. The molecule has 0 bridgehead atoms. The Labute approximate surface area is 103 Å². The summed E-state index contributed by atoms with van der Waals surface area (Å²) in [6, 6.07) is 2.03. The third kappa shape index (κ3) is 3.08. The summed E-state index contributed by atoms with van der Waals surface area (Å²) in [5, 5.41) is 3.06. The maximum absolute atomic E-state index is 4.38. The molecule has 0 aromatic carbocycles. The lowest BCUT2D eigenvalue weighted by molar-refractivity contribution is 0.459. The van der Waals surface area contributed by atoms with E-state index in [-0.39, 0.29) is 0 Å². The fourth-order valence-corrected chi connectivity index (χ4v) is 2.46. The first kappa shape index (κ1) is 12.1. The van der Waals surface area contributed by atoms with Gasteiger partial charge in [-0.1, -0.05) is 13.3 Å². The van der Waals surface area contributed by atoms with Gasteiger partial charge >= 0.3 is 0 Å². The summed E-state index contributed by atoms with van der Waals surface area (Å²) < 4.78 is 0. The van der Waals surface area contributed by atoms with Crippen LogP contribution in [0, 0.1) is 5.92 Å². The Morgan fingerprint density at radius 1 is 1.35 bits per heavy atom. The third-order valence-corrected chi connectivity index (χ3v) is 3.66. The van der Waals surface area contributed by atoms with Gasteiger partial charge in [0, 0.05) is 26.2 Å². The quantitative estimate of drug-likeness (QED) is 0.872. The lowest BCUT2D eigenvalue weighted by Gasteiger charge is -2.21. The normalized spacial score (nSPS) is 21.1. The van der Waals surface area contributed by atoms with Gasteiger partial charge in [0.1, 0.15) is 18.0 Å². The van der Waals surface area contributed by atoms with Crippen LogP contribution < -0.4 is 10.2 Å². The summed E-state index contributed by atoms with van der Waals surface area (Å²) in [7, 11) is 1.89. The molecular formula is C13H22N4. The van der Waals surface area contributed by atoms with Gasteiger partial charge in [-0.3, -0.25) is 0 Å². The van der Waals surface area contributed by atoms with Crippen LogP contribution in [0.15, 0.2) is 12.4 Å². The molecule has 0 saturated carbocycles. The first-order chi connectivity index (χ1) is 8.33. The van der Waals surface area contributed by atoms with Gasteiger partial charge in [-0.25, -0.2) is 9.97 Å². The van der Waals surface area contributed by atoms with E-state index in [2.05, 4.69) is 27.1 Å². The van der Waals surface area contributed by atoms with E-state index in [1.54, 1.807) is 6.33 Å². The maximum Gasteiger partial charge on any atom is 0.134 e. The van der Waals surface area contributed by atoms with E-state index in [0.717, 1.165) is 30.6 Å². The molecule has 1 fully saturated rings. The van der Waals surface area contributed by atoms with Crippen LogP contribution in [-0.4, -0.2) is 30.1 Å². The summed E-state index contributed by atoms with van der Waals surface area (Å²) in [5.41, 5.74) is 0. The van der Waals surface area contributed by atoms with Crippen molar-refractivity contribution in [3.63, 3.8) is 0 Å². The van der Waals surface area contributed by atoms with E-state index >= 15 is 0 Å². The van der Waals surface area contributed by atoms with Crippen LogP contribution in [0.3, 0.4) is 0 Å². The van der Waals surface area contributed by atoms with Gasteiger partial charge in [0.15, 0.2) is 0 Å². The molecule has 0 aliphatic carbocycles. The van der Waals surface area contributed by atoms with E-state index in [9.17, 15) is 0 Å². The van der Waals surface area contributed by atoms with Gasteiger partial charge in [0.05, 0.1) is 0 Å². The van der Waals surface area contributed by atoms with Crippen LogP contribution in [0.5, 0.6) is 0 Å². The lowest BCUT2D eigenvalue weighted by Crippen LogP contribution is -2.25. The molecule has 1 saturated heterocycles. The zero-order chi connectivity index (χ0) is 12.1. The number of nitrogens with one attached hydrogen (secondary N) is 1. The number of rotatable bonds is 3. The molecule has 4 heteroatoms. The summed E-state index contributed by atoms with van der Waals surface area (Å²) in [5.74, 6) is 2.85. The van der Waals surface area contributed by atoms with Gasteiger partial charge in [0.25, 0.3) is 0 Å². The van der Waals surface area contributed by atoms with Crippen LogP contribution >= 0.6 is 0 Å². The molecule has 2 heterocycles. The topological polar surface area (TPSA) is 41.0 Å². The monoisotopic (exact) mass is 234 g/mol. The van der Waals surface area contributed by atoms with Crippen molar-refractivity contribution in [2.45, 2.75) is 32.6 Å². The minimum atomic E-state index is 0.894. The Hall–Kier alpha value is -1.32. The van der Waals surface area contributed by atoms with Crippen molar-refractivity contribution in [3.05, 3.63) is 12.4 Å². The molecule has 1 N–H and O–H groups in total. The van der Waals surface area contributed by atoms with Crippen molar-refractivity contribution < 1.29 is 0 Å². The highest BCUT2D eigenvalue weighted by Crippen LogP contribution is 2.23. The van der Waals surface area contributed by atoms with Crippen LogP contribution in [0.4, 0.5) is 11.6 Å². The molecule has 17 heavy (non-hydrogen) atoms. The van der Waals surface area contributed by atoms with Crippen LogP contribution in [0.1, 0.15) is 32.6 Å². The Kier molecular flexibility index (Phi) is 4.18. The van der Waals surface area contributed by atoms with Crippen LogP contribution in [0.25, 0.3) is 0 Å². The van der Waals surface area contributed by atoms with Crippen molar-refractivity contribution in [2.75, 3.05) is 30.4 Å². The highest BCUT2D eigenvalue weighted by Gasteiger charge is 2.16. The maximum atomic E-state index is 4.38. The van der Waals surface area contributed by atoms with Crippen molar-refractivity contribution in [2.24, 2.45) is 5.92 Å². The fourth-order valence-electron chi connectivity index (χ4n) is 2.46. The molecular weight excluding hydrogens is 212 g/mol. The molecule has 2 rings (SSSR count). The molecule has 1 atom stereocenters. The van der Waals surface area contributed by atoms with Crippen molar-refractivity contribution >= 4 is 11.6 Å². The molecule has 1 aliphatic rings. The van der Waals surface area contributed by atoms with Gasteiger partial charge in [-0.2, -0.15) is 0 Å². The van der Waals surface area contributed by atoms with Gasteiger partial charge < -0.3 is 10.2 Å². The molecule has 94 valence electrons. The van der Waals surface area contributed by atoms with Gasteiger partial charge in [0.2, 0.25) is 0 Å². The number of anilines is 2. The Morgan fingerprint density at radius 2 is 2.24 bits per heavy atom. The summed E-state index contributed by atoms with van der Waals surface area (Å²) in [6.45, 7) is 4.54. The average Bonchev–Trinajstić information content (AvgIpc) is 2.64. The Bertz CT molecular complexity index is 353. The van der Waals surface area contributed by atoms with E-state index in [1.807, 2.05) is 13.1 Å². The largest absolute Gasteiger partial charge is 0.373 e. The number of hydrogen-bond donors (Lipinski definition) is 1. The second-order valence-corrected chi connectivity index (χ2v) is 4.70. The minimum Gasteiger partial charge on any atom is -0.373 e. The van der Waals surface area contributed by atoms with E-state index < -0.39 is 0 Å². The van der Waals surface area contributed by atoms with Crippen LogP contribution in [-0.2, 0) is 0 Å². The lowest BCUT2D eigenvalue weighted by atomic mass is 9.98. The van der Waals surface area contributed by atoms with E-state index in [1.165, 1.54) is 25.7 Å².